The lowest BCUT2D eigenvalue weighted by atomic mass is 10.1. The molecule has 0 aliphatic heterocycles. The summed E-state index contributed by atoms with van der Waals surface area (Å²) in [5.41, 5.74) is 1.96. The van der Waals surface area contributed by atoms with Crippen LogP contribution in [0.3, 0.4) is 0 Å². The van der Waals surface area contributed by atoms with Gasteiger partial charge >= 0.3 is 11.9 Å². The Balaban J connectivity index is 1.90. The third-order valence-corrected chi connectivity index (χ3v) is 4.09. The number of fused-ring (bicyclic) bond motifs is 1. The van der Waals surface area contributed by atoms with Crippen molar-refractivity contribution in [3.63, 3.8) is 0 Å². The first-order valence-electron chi connectivity index (χ1n) is 8.81. The third-order valence-electron chi connectivity index (χ3n) is 4.09. The monoisotopic (exact) mass is 384 g/mol. The molecule has 0 fully saturated rings. The first-order chi connectivity index (χ1) is 13.4. The van der Waals surface area contributed by atoms with Crippen molar-refractivity contribution in [2.75, 3.05) is 13.2 Å². The molecule has 146 valence electrons. The largest absolute Gasteiger partial charge is 0.461 e. The van der Waals surface area contributed by atoms with Crippen molar-refractivity contribution in [3.8, 4) is 0 Å². The Hall–Kier alpha value is -3.49. The summed E-state index contributed by atoms with van der Waals surface area (Å²) in [6.45, 7) is 3.43. The Morgan fingerprint density at radius 3 is 2.46 bits per heavy atom. The molecular formula is C19H20N4O5. The summed E-state index contributed by atoms with van der Waals surface area (Å²) in [5, 5.41) is 4.06. The summed E-state index contributed by atoms with van der Waals surface area (Å²) in [6, 6.07) is 6.43. The highest BCUT2D eigenvalue weighted by molar-refractivity contribution is 5.99. The Kier molecular flexibility index (Phi) is 5.53. The standard InChI is InChI=1S/C19H20N4O5/c1-4-27-18(25)14-9-16(19(26)28-5-2)23(21-14)10-17(24)12-6-7-15-13(8-12)20-11-22(15)3/h6-9,11H,4-5,10H2,1-3H3. The number of ether oxygens (including phenoxy) is 2. The smallest absolute Gasteiger partial charge is 0.358 e. The molecular weight excluding hydrogens is 364 g/mol. The number of hydrogen-bond acceptors (Lipinski definition) is 7. The van der Waals surface area contributed by atoms with E-state index in [1.165, 1.54) is 6.07 Å². The molecule has 0 amide bonds. The molecule has 0 spiro atoms. The first kappa shape index (κ1) is 19.3. The maximum absolute atomic E-state index is 12.7. The van der Waals surface area contributed by atoms with Gasteiger partial charge in [0.1, 0.15) is 12.2 Å². The van der Waals surface area contributed by atoms with E-state index in [-0.39, 0.29) is 36.9 Å². The summed E-state index contributed by atoms with van der Waals surface area (Å²) >= 11 is 0. The molecule has 0 unspecified atom stereocenters. The Labute approximate surface area is 160 Å². The molecule has 0 saturated carbocycles. The van der Waals surface area contributed by atoms with Gasteiger partial charge in [-0.2, -0.15) is 5.10 Å². The highest BCUT2D eigenvalue weighted by atomic mass is 16.5. The van der Waals surface area contributed by atoms with Crippen molar-refractivity contribution in [1.29, 1.82) is 0 Å². The van der Waals surface area contributed by atoms with E-state index in [0.29, 0.717) is 11.1 Å². The fourth-order valence-electron chi connectivity index (χ4n) is 2.75. The number of Topliss-reactive ketones (excluding diaryl/α,β-unsaturated/α-hetero) is 1. The maximum Gasteiger partial charge on any atom is 0.358 e. The topological polar surface area (TPSA) is 105 Å². The van der Waals surface area contributed by atoms with Gasteiger partial charge in [-0.15, -0.1) is 0 Å². The second-order valence-electron chi connectivity index (χ2n) is 6.00. The van der Waals surface area contributed by atoms with Crippen LogP contribution in [0.25, 0.3) is 11.0 Å². The second kappa shape index (κ2) is 8.03. The normalized spacial score (nSPS) is 10.8. The Bertz CT molecular complexity index is 1050. The van der Waals surface area contributed by atoms with Crippen LogP contribution < -0.4 is 0 Å². The fourth-order valence-corrected chi connectivity index (χ4v) is 2.75. The van der Waals surface area contributed by atoms with E-state index in [1.807, 2.05) is 11.6 Å². The molecule has 3 aromatic rings. The molecule has 28 heavy (non-hydrogen) atoms. The average molecular weight is 384 g/mol. The minimum absolute atomic E-state index is 0.0113. The number of carbonyl (C=O) groups excluding carboxylic acids is 3. The molecule has 3 rings (SSSR count). The second-order valence-corrected chi connectivity index (χ2v) is 6.00. The predicted octanol–water partition coefficient (Wildman–Crippen LogP) is 2.01. The number of esters is 2. The number of rotatable bonds is 7. The Morgan fingerprint density at radius 2 is 1.75 bits per heavy atom. The van der Waals surface area contributed by atoms with Crippen molar-refractivity contribution in [3.05, 3.63) is 47.5 Å². The van der Waals surface area contributed by atoms with Crippen molar-refractivity contribution in [2.24, 2.45) is 7.05 Å². The van der Waals surface area contributed by atoms with Gasteiger partial charge in [0.15, 0.2) is 11.5 Å². The van der Waals surface area contributed by atoms with E-state index in [2.05, 4.69) is 10.1 Å². The van der Waals surface area contributed by atoms with Crippen LogP contribution in [0.2, 0.25) is 0 Å². The van der Waals surface area contributed by atoms with Gasteiger partial charge in [-0.1, -0.05) is 0 Å². The van der Waals surface area contributed by atoms with Crippen LogP contribution in [0.1, 0.15) is 45.2 Å². The molecule has 0 bridgehead atoms. The van der Waals surface area contributed by atoms with Gasteiger partial charge < -0.3 is 14.0 Å². The van der Waals surface area contributed by atoms with Crippen LogP contribution in [0.5, 0.6) is 0 Å². The molecule has 0 aliphatic carbocycles. The molecule has 2 aromatic heterocycles. The predicted molar refractivity (Wildman–Crippen MR) is 99.2 cm³/mol. The molecule has 1 aromatic carbocycles. The molecule has 0 N–H and O–H groups in total. The molecule has 9 nitrogen and oxygen atoms in total. The molecule has 0 aliphatic rings. The number of aryl methyl sites for hydroxylation is 1. The van der Waals surface area contributed by atoms with Gasteiger partial charge in [0.25, 0.3) is 0 Å². The van der Waals surface area contributed by atoms with Gasteiger partial charge in [-0.25, -0.2) is 19.3 Å². The highest BCUT2D eigenvalue weighted by Crippen LogP contribution is 2.16. The lowest BCUT2D eigenvalue weighted by molar-refractivity contribution is 0.0505. The lowest BCUT2D eigenvalue weighted by Crippen LogP contribution is -2.18. The third kappa shape index (κ3) is 3.78. The first-order valence-corrected chi connectivity index (χ1v) is 8.81. The van der Waals surface area contributed by atoms with E-state index in [0.717, 1.165) is 10.2 Å². The van der Waals surface area contributed by atoms with Crippen molar-refractivity contribution < 1.29 is 23.9 Å². The summed E-state index contributed by atoms with van der Waals surface area (Å²) < 4.78 is 12.9. The van der Waals surface area contributed by atoms with E-state index in [9.17, 15) is 14.4 Å². The summed E-state index contributed by atoms with van der Waals surface area (Å²) in [4.78, 5) is 41.1. The van der Waals surface area contributed by atoms with E-state index >= 15 is 0 Å². The zero-order valence-electron chi connectivity index (χ0n) is 15.8. The van der Waals surface area contributed by atoms with Crippen LogP contribution in [0, 0.1) is 0 Å². The van der Waals surface area contributed by atoms with Gasteiger partial charge in [0.2, 0.25) is 0 Å². The summed E-state index contributed by atoms with van der Waals surface area (Å²) in [6.07, 6.45) is 1.66. The minimum atomic E-state index is -0.672. The number of nitrogens with zero attached hydrogens (tertiary/aromatic N) is 4. The number of ketones is 1. The Morgan fingerprint density at radius 1 is 1.04 bits per heavy atom. The molecule has 9 heteroatoms. The molecule has 0 saturated heterocycles. The van der Waals surface area contributed by atoms with Crippen molar-refractivity contribution in [2.45, 2.75) is 20.4 Å². The highest BCUT2D eigenvalue weighted by Gasteiger charge is 2.23. The zero-order valence-corrected chi connectivity index (χ0v) is 15.8. The number of hydrogen-bond donors (Lipinski definition) is 0. The molecule has 0 radical (unpaired) electrons. The number of carbonyl (C=O) groups is 3. The number of benzene rings is 1. The van der Waals surface area contributed by atoms with Crippen LogP contribution in [0.15, 0.2) is 30.6 Å². The van der Waals surface area contributed by atoms with Crippen molar-refractivity contribution >= 4 is 28.8 Å². The molecule has 2 heterocycles. The van der Waals surface area contributed by atoms with Gasteiger partial charge in [0.05, 0.1) is 30.6 Å². The SMILES string of the molecule is CCOC(=O)c1cc(C(=O)OCC)n(CC(=O)c2ccc3c(c2)ncn3C)n1. The van der Waals surface area contributed by atoms with Gasteiger partial charge in [0, 0.05) is 18.7 Å². The number of imidazole rings is 1. The summed E-state index contributed by atoms with van der Waals surface area (Å²) in [5.74, 6) is -1.62. The van der Waals surface area contributed by atoms with Crippen molar-refractivity contribution in [1.82, 2.24) is 19.3 Å². The van der Waals surface area contributed by atoms with E-state index < -0.39 is 11.9 Å². The fraction of sp³-hybridized carbons (Fsp3) is 0.316. The number of aromatic nitrogens is 4. The van der Waals surface area contributed by atoms with Crippen LogP contribution in [0.4, 0.5) is 0 Å². The minimum Gasteiger partial charge on any atom is -0.461 e. The maximum atomic E-state index is 12.7. The van der Waals surface area contributed by atoms with E-state index in [4.69, 9.17) is 9.47 Å². The van der Waals surface area contributed by atoms with Crippen LogP contribution in [-0.2, 0) is 23.1 Å². The zero-order chi connectivity index (χ0) is 20.3. The van der Waals surface area contributed by atoms with Gasteiger partial charge in [-0.3, -0.25) is 4.79 Å². The summed E-state index contributed by atoms with van der Waals surface area (Å²) in [7, 11) is 1.86. The van der Waals surface area contributed by atoms with Gasteiger partial charge in [-0.05, 0) is 32.0 Å². The van der Waals surface area contributed by atoms with Crippen LogP contribution in [-0.4, -0.2) is 50.3 Å². The molecule has 0 atom stereocenters. The van der Waals surface area contributed by atoms with E-state index in [1.54, 1.807) is 38.4 Å². The quantitative estimate of drug-likeness (QED) is 0.453. The average Bonchev–Trinajstić information content (AvgIpc) is 3.26. The van der Waals surface area contributed by atoms with Crippen LogP contribution >= 0.6 is 0 Å². The lowest BCUT2D eigenvalue weighted by Gasteiger charge is -2.06.